The van der Waals surface area contributed by atoms with Gasteiger partial charge in [0, 0.05) is 18.5 Å². The minimum absolute atomic E-state index is 0.0000869. The number of benzene rings is 1. The molecule has 1 rings (SSSR count). The van der Waals surface area contributed by atoms with Gasteiger partial charge in [-0.3, -0.25) is 4.79 Å². The van der Waals surface area contributed by atoms with Crippen molar-refractivity contribution < 1.29 is 9.53 Å². The quantitative estimate of drug-likeness (QED) is 0.674. The molecule has 124 valence electrons. The number of halogens is 1. The molecule has 1 amide bonds. The predicted octanol–water partition coefficient (Wildman–Crippen LogP) is 4.75. The first kappa shape index (κ1) is 19.0. The summed E-state index contributed by atoms with van der Waals surface area (Å²) in [6, 6.07) is 7.87. The molecule has 0 aliphatic heterocycles. The van der Waals surface area contributed by atoms with Crippen LogP contribution < -0.4 is 5.32 Å². The highest BCUT2D eigenvalue weighted by atomic mass is 35.5. The summed E-state index contributed by atoms with van der Waals surface area (Å²) in [6.45, 7) is 4.83. The number of rotatable bonds is 10. The van der Waals surface area contributed by atoms with E-state index in [0.717, 1.165) is 23.4 Å². The fourth-order valence-corrected chi connectivity index (χ4v) is 2.83. The molecule has 0 aliphatic rings. The molecule has 1 aromatic carbocycles. The van der Waals surface area contributed by atoms with E-state index in [9.17, 15) is 4.79 Å². The number of nitrogens with one attached hydrogen (secondary N) is 1. The Morgan fingerprint density at radius 1 is 1.36 bits per heavy atom. The molecule has 0 radical (unpaired) electrons. The lowest BCUT2D eigenvalue weighted by molar-refractivity contribution is -0.122. The topological polar surface area (TPSA) is 38.3 Å². The second-order valence-electron chi connectivity index (χ2n) is 5.58. The summed E-state index contributed by atoms with van der Waals surface area (Å²) < 4.78 is 6.09. The zero-order valence-corrected chi connectivity index (χ0v) is 14.7. The van der Waals surface area contributed by atoms with E-state index in [4.69, 9.17) is 16.3 Å². The van der Waals surface area contributed by atoms with Crippen LogP contribution in [0.2, 0.25) is 5.02 Å². The Balaban J connectivity index is 2.81. The van der Waals surface area contributed by atoms with Gasteiger partial charge in [-0.15, -0.1) is 0 Å². The van der Waals surface area contributed by atoms with Crippen LogP contribution in [0.15, 0.2) is 24.3 Å². The smallest absolute Gasteiger partial charge is 0.222 e. The molecule has 4 heteroatoms. The fraction of sp³-hybridized carbons (Fsp3) is 0.611. The summed E-state index contributed by atoms with van der Waals surface area (Å²) in [4.78, 5) is 11.4. The van der Waals surface area contributed by atoms with Gasteiger partial charge < -0.3 is 10.1 Å². The molecule has 0 heterocycles. The van der Waals surface area contributed by atoms with Gasteiger partial charge in [0.25, 0.3) is 0 Å². The Hall–Kier alpha value is -1.06. The van der Waals surface area contributed by atoms with Crippen LogP contribution in [0.25, 0.3) is 0 Å². The van der Waals surface area contributed by atoms with Gasteiger partial charge in [0.15, 0.2) is 0 Å². The SMILES string of the molecule is CCCC[C@H](CC)[C@@H](OCCC(=O)NC)c1cccc(Cl)c1. The van der Waals surface area contributed by atoms with Crippen molar-refractivity contribution in [3.05, 3.63) is 34.9 Å². The first-order valence-corrected chi connectivity index (χ1v) is 8.57. The molecule has 0 aliphatic carbocycles. The van der Waals surface area contributed by atoms with Crippen LogP contribution >= 0.6 is 11.6 Å². The van der Waals surface area contributed by atoms with Crippen molar-refractivity contribution in [2.45, 2.75) is 52.1 Å². The maximum atomic E-state index is 11.4. The monoisotopic (exact) mass is 325 g/mol. The van der Waals surface area contributed by atoms with E-state index in [1.807, 2.05) is 18.2 Å². The third-order valence-corrected chi connectivity index (χ3v) is 4.20. The van der Waals surface area contributed by atoms with E-state index in [1.54, 1.807) is 7.05 Å². The normalized spacial score (nSPS) is 13.6. The molecule has 3 nitrogen and oxygen atoms in total. The lowest BCUT2D eigenvalue weighted by Gasteiger charge is -2.27. The Morgan fingerprint density at radius 2 is 2.14 bits per heavy atom. The van der Waals surface area contributed by atoms with Gasteiger partial charge in [-0.2, -0.15) is 0 Å². The molecule has 0 spiro atoms. The molecule has 2 atom stereocenters. The van der Waals surface area contributed by atoms with Crippen molar-refractivity contribution in [1.29, 1.82) is 0 Å². The summed E-state index contributed by atoms with van der Waals surface area (Å²) >= 11 is 6.13. The number of hydrogen-bond donors (Lipinski definition) is 1. The molecule has 0 saturated carbocycles. The van der Waals surface area contributed by atoms with Crippen LogP contribution in [0.4, 0.5) is 0 Å². The summed E-state index contributed by atoms with van der Waals surface area (Å²) in [5.41, 5.74) is 1.10. The van der Waals surface area contributed by atoms with Crippen LogP contribution in [-0.4, -0.2) is 19.6 Å². The lowest BCUT2D eigenvalue weighted by Crippen LogP contribution is -2.22. The van der Waals surface area contributed by atoms with Crippen LogP contribution in [0, 0.1) is 5.92 Å². The average Bonchev–Trinajstić information content (AvgIpc) is 2.53. The summed E-state index contributed by atoms with van der Waals surface area (Å²) in [7, 11) is 1.65. The number of unbranched alkanes of at least 4 members (excludes halogenated alkanes) is 1. The van der Waals surface area contributed by atoms with Gasteiger partial charge in [0.1, 0.15) is 0 Å². The van der Waals surface area contributed by atoms with E-state index in [2.05, 4.69) is 25.2 Å². The largest absolute Gasteiger partial charge is 0.373 e. The van der Waals surface area contributed by atoms with Gasteiger partial charge >= 0.3 is 0 Å². The molecule has 1 aromatic rings. The second kappa shape index (κ2) is 10.6. The van der Waals surface area contributed by atoms with Crippen molar-refractivity contribution in [2.24, 2.45) is 5.92 Å². The molecule has 0 fully saturated rings. The van der Waals surface area contributed by atoms with E-state index < -0.39 is 0 Å². The number of ether oxygens (including phenoxy) is 1. The van der Waals surface area contributed by atoms with Crippen LogP contribution in [0.5, 0.6) is 0 Å². The maximum Gasteiger partial charge on any atom is 0.222 e. The molecule has 22 heavy (non-hydrogen) atoms. The standard InChI is InChI=1S/C18H28ClNO2/c1-4-6-8-14(5-2)18(22-12-11-17(21)20-3)15-9-7-10-16(19)13-15/h7,9-10,13-14,18H,4-6,8,11-12H2,1-3H3,(H,20,21)/t14-,18+/m0/s1. The fourth-order valence-electron chi connectivity index (χ4n) is 2.63. The number of carbonyl (C=O) groups excluding carboxylic acids is 1. The predicted molar refractivity (Wildman–Crippen MR) is 92.1 cm³/mol. The second-order valence-corrected chi connectivity index (χ2v) is 6.02. The van der Waals surface area contributed by atoms with Gasteiger partial charge in [-0.1, -0.05) is 56.8 Å². The number of hydrogen-bond acceptors (Lipinski definition) is 2. The molecule has 0 unspecified atom stereocenters. The first-order valence-electron chi connectivity index (χ1n) is 8.20. The van der Waals surface area contributed by atoms with Crippen molar-refractivity contribution in [1.82, 2.24) is 5.32 Å². The minimum atomic E-state index is -0.0000869. The zero-order valence-electron chi connectivity index (χ0n) is 13.9. The minimum Gasteiger partial charge on any atom is -0.373 e. The molecule has 0 bridgehead atoms. The van der Waals surface area contributed by atoms with Crippen molar-refractivity contribution >= 4 is 17.5 Å². The highest BCUT2D eigenvalue weighted by Crippen LogP contribution is 2.33. The lowest BCUT2D eigenvalue weighted by atomic mass is 9.89. The van der Waals surface area contributed by atoms with E-state index in [0.29, 0.717) is 18.9 Å². The van der Waals surface area contributed by atoms with Crippen molar-refractivity contribution in [2.75, 3.05) is 13.7 Å². The summed E-state index contributed by atoms with van der Waals surface area (Å²) in [6.07, 6.45) is 4.93. The van der Waals surface area contributed by atoms with Gasteiger partial charge in [0.2, 0.25) is 5.91 Å². The summed E-state index contributed by atoms with van der Waals surface area (Å²) in [5.74, 6) is 0.453. The van der Waals surface area contributed by atoms with E-state index in [-0.39, 0.29) is 12.0 Å². The van der Waals surface area contributed by atoms with Gasteiger partial charge in [0.05, 0.1) is 12.7 Å². The summed E-state index contributed by atoms with van der Waals surface area (Å²) in [5, 5.41) is 3.35. The van der Waals surface area contributed by atoms with Crippen LogP contribution in [0.1, 0.15) is 57.6 Å². The molecular weight excluding hydrogens is 298 g/mol. The van der Waals surface area contributed by atoms with E-state index in [1.165, 1.54) is 12.8 Å². The number of carbonyl (C=O) groups is 1. The molecular formula is C18H28ClNO2. The highest BCUT2D eigenvalue weighted by Gasteiger charge is 2.22. The highest BCUT2D eigenvalue weighted by molar-refractivity contribution is 6.30. The first-order chi connectivity index (χ1) is 10.6. The maximum absolute atomic E-state index is 11.4. The molecule has 0 aromatic heterocycles. The Labute approximate surface area is 139 Å². The third-order valence-electron chi connectivity index (χ3n) is 3.96. The Kier molecular flexibility index (Phi) is 9.17. The zero-order chi connectivity index (χ0) is 16.4. The average molecular weight is 326 g/mol. The van der Waals surface area contributed by atoms with Crippen molar-refractivity contribution in [3.63, 3.8) is 0 Å². The van der Waals surface area contributed by atoms with Crippen LogP contribution in [-0.2, 0) is 9.53 Å². The van der Waals surface area contributed by atoms with Crippen molar-refractivity contribution in [3.8, 4) is 0 Å². The molecule has 0 saturated heterocycles. The van der Waals surface area contributed by atoms with Crippen LogP contribution in [0.3, 0.4) is 0 Å². The third kappa shape index (κ3) is 6.37. The molecule has 1 N–H and O–H groups in total. The Morgan fingerprint density at radius 3 is 2.73 bits per heavy atom. The van der Waals surface area contributed by atoms with Gasteiger partial charge in [-0.25, -0.2) is 0 Å². The van der Waals surface area contributed by atoms with E-state index >= 15 is 0 Å². The number of amides is 1. The Bertz CT molecular complexity index is 450. The van der Waals surface area contributed by atoms with Gasteiger partial charge in [-0.05, 0) is 30.0 Å².